The summed E-state index contributed by atoms with van der Waals surface area (Å²) in [5.74, 6) is 0.892. The van der Waals surface area contributed by atoms with Crippen LogP contribution in [0, 0.1) is 0 Å². The van der Waals surface area contributed by atoms with Crippen molar-refractivity contribution in [1.82, 2.24) is 5.32 Å². The minimum atomic E-state index is 0.236. The Hall–Kier alpha value is -0.840. The van der Waals surface area contributed by atoms with Gasteiger partial charge >= 0.3 is 0 Å². The highest BCUT2D eigenvalue weighted by Crippen LogP contribution is 2.33. The van der Waals surface area contributed by atoms with Crippen LogP contribution in [0.1, 0.15) is 29.8 Å². The fourth-order valence-electron chi connectivity index (χ4n) is 1.96. The largest absolute Gasteiger partial charge is 0.497 e. The Labute approximate surface area is 126 Å². The van der Waals surface area contributed by atoms with Crippen LogP contribution in [0.4, 0.5) is 0 Å². The van der Waals surface area contributed by atoms with Crippen molar-refractivity contribution in [2.45, 2.75) is 19.4 Å². The molecule has 1 aromatic carbocycles. The van der Waals surface area contributed by atoms with E-state index in [9.17, 15) is 0 Å². The van der Waals surface area contributed by atoms with E-state index in [2.05, 4.69) is 51.7 Å². The average Bonchev–Trinajstić information content (AvgIpc) is 2.86. The Morgan fingerprint density at radius 3 is 2.53 bits per heavy atom. The van der Waals surface area contributed by atoms with Gasteiger partial charge in [0.15, 0.2) is 0 Å². The summed E-state index contributed by atoms with van der Waals surface area (Å²) in [6.07, 6.45) is 1.12. The summed E-state index contributed by atoms with van der Waals surface area (Å²) in [6, 6.07) is 10.6. The van der Waals surface area contributed by atoms with Gasteiger partial charge in [-0.15, -0.1) is 11.3 Å². The van der Waals surface area contributed by atoms with E-state index >= 15 is 0 Å². The molecule has 19 heavy (non-hydrogen) atoms. The number of thiophene rings is 1. The first-order valence-corrected chi connectivity index (χ1v) is 8.03. The molecular weight excluding hydrogens is 322 g/mol. The van der Waals surface area contributed by atoms with Crippen molar-refractivity contribution >= 4 is 27.3 Å². The molecule has 0 saturated carbocycles. The molecule has 0 amide bonds. The summed E-state index contributed by atoms with van der Waals surface area (Å²) < 4.78 is 6.39. The zero-order chi connectivity index (χ0) is 13.7. The third-order valence-electron chi connectivity index (χ3n) is 2.95. The molecule has 2 aromatic rings. The van der Waals surface area contributed by atoms with Gasteiger partial charge < -0.3 is 10.1 Å². The van der Waals surface area contributed by atoms with Gasteiger partial charge in [-0.2, -0.15) is 0 Å². The molecule has 0 spiro atoms. The van der Waals surface area contributed by atoms with Crippen LogP contribution >= 0.6 is 27.3 Å². The normalized spacial score (nSPS) is 12.4. The zero-order valence-corrected chi connectivity index (χ0v) is 13.6. The Morgan fingerprint density at radius 1 is 1.26 bits per heavy atom. The predicted octanol–water partition coefficient (Wildman–Crippen LogP) is 4.61. The van der Waals surface area contributed by atoms with Gasteiger partial charge in [-0.3, -0.25) is 0 Å². The third-order valence-corrected chi connectivity index (χ3v) is 4.89. The molecule has 2 nitrogen and oxygen atoms in total. The molecule has 4 heteroatoms. The van der Waals surface area contributed by atoms with Crippen molar-refractivity contribution in [3.8, 4) is 5.75 Å². The Morgan fingerprint density at radius 2 is 2.00 bits per heavy atom. The first-order valence-electron chi connectivity index (χ1n) is 6.36. The van der Waals surface area contributed by atoms with E-state index in [0.717, 1.165) is 18.7 Å². The SMILES string of the molecule is CCCNC(c1ccc(OC)cc1)c1sccc1Br. The number of nitrogens with one attached hydrogen (secondary N) is 1. The molecule has 0 radical (unpaired) electrons. The Kier molecular flexibility index (Phi) is 5.43. The van der Waals surface area contributed by atoms with Gasteiger partial charge in [0.25, 0.3) is 0 Å². The molecule has 102 valence electrons. The second kappa shape index (κ2) is 7.08. The van der Waals surface area contributed by atoms with E-state index < -0.39 is 0 Å². The van der Waals surface area contributed by atoms with Crippen LogP contribution in [0.2, 0.25) is 0 Å². The average molecular weight is 340 g/mol. The van der Waals surface area contributed by atoms with Crippen molar-refractivity contribution in [1.29, 1.82) is 0 Å². The van der Waals surface area contributed by atoms with Crippen LogP contribution in [0.25, 0.3) is 0 Å². The second-order valence-electron chi connectivity index (χ2n) is 4.29. The van der Waals surface area contributed by atoms with E-state index in [4.69, 9.17) is 4.74 Å². The molecule has 0 aliphatic carbocycles. The van der Waals surface area contributed by atoms with Crippen LogP contribution < -0.4 is 10.1 Å². The van der Waals surface area contributed by atoms with Crippen molar-refractivity contribution < 1.29 is 4.74 Å². The van der Waals surface area contributed by atoms with Gasteiger partial charge in [0.1, 0.15) is 5.75 Å². The van der Waals surface area contributed by atoms with E-state index in [0.29, 0.717) is 0 Å². The molecule has 1 N–H and O–H groups in total. The first kappa shape index (κ1) is 14.6. The molecule has 1 atom stereocenters. The van der Waals surface area contributed by atoms with Crippen molar-refractivity contribution in [2.75, 3.05) is 13.7 Å². The summed E-state index contributed by atoms with van der Waals surface area (Å²) in [7, 11) is 1.69. The van der Waals surface area contributed by atoms with Gasteiger partial charge in [-0.25, -0.2) is 0 Å². The smallest absolute Gasteiger partial charge is 0.118 e. The lowest BCUT2D eigenvalue weighted by Gasteiger charge is -2.18. The lowest BCUT2D eigenvalue weighted by Crippen LogP contribution is -2.22. The lowest BCUT2D eigenvalue weighted by atomic mass is 10.1. The molecule has 0 bridgehead atoms. The van der Waals surface area contributed by atoms with Crippen molar-refractivity contribution in [3.05, 3.63) is 50.6 Å². The maximum absolute atomic E-state index is 5.22. The van der Waals surface area contributed by atoms with Crippen molar-refractivity contribution in [3.63, 3.8) is 0 Å². The molecule has 0 saturated heterocycles. The molecular formula is C15H18BrNOS. The quantitative estimate of drug-likeness (QED) is 0.829. The highest BCUT2D eigenvalue weighted by molar-refractivity contribution is 9.10. The maximum Gasteiger partial charge on any atom is 0.118 e. The molecule has 0 fully saturated rings. The van der Waals surface area contributed by atoms with Crippen LogP contribution in [0.3, 0.4) is 0 Å². The summed E-state index contributed by atoms with van der Waals surface area (Å²) in [6.45, 7) is 3.18. The van der Waals surface area contributed by atoms with Gasteiger partial charge in [-0.1, -0.05) is 19.1 Å². The monoisotopic (exact) mass is 339 g/mol. The fraction of sp³-hybridized carbons (Fsp3) is 0.333. The summed E-state index contributed by atoms with van der Waals surface area (Å²) in [5, 5.41) is 5.72. The van der Waals surface area contributed by atoms with E-state index in [-0.39, 0.29) is 6.04 Å². The topological polar surface area (TPSA) is 21.3 Å². The standard InChI is InChI=1S/C15H18BrNOS/c1-3-9-17-14(15-13(16)8-10-19-15)11-4-6-12(18-2)7-5-11/h4-8,10,14,17H,3,9H2,1-2H3. The minimum Gasteiger partial charge on any atom is -0.497 e. The number of benzene rings is 1. The number of halogens is 1. The van der Waals surface area contributed by atoms with Crippen LogP contribution in [0.15, 0.2) is 40.2 Å². The number of rotatable bonds is 6. The highest BCUT2D eigenvalue weighted by atomic mass is 79.9. The second-order valence-corrected chi connectivity index (χ2v) is 6.10. The van der Waals surface area contributed by atoms with Crippen LogP contribution in [-0.2, 0) is 0 Å². The number of ether oxygens (including phenoxy) is 1. The molecule has 1 heterocycles. The Balaban J connectivity index is 2.28. The van der Waals surface area contributed by atoms with Gasteiger partial charge in [0, 0.05) is 9.35 Å². The number of hydrogen-bond acceptors (Lipinski definition) is 3. The fourth-order valence-corrected chi connectivity index (χ4v) is 3.66. The molecule has 1 aromatic heterocycles. The van der Waals surface area contributed by atoms with Crippen LogP contribution in [0.5, 0.6) is 5.75 Å². The van der Waals surface area contributed by atoms with E-state index in [1.807, 2.05) is 12.1 Å². The predicted molar refractivity (Wildman–Crippen MR) is 85.1 cm³/mol. The maximum atomic E-state index is 5.22. The first-order chi connectivity index (χ1) is 9.26. The lowest BCUT2D eigenvalue weighted by molar-refractivity contribution is 0.414. The zero-order valence-electron chi connectivity index (χ0n) is 11.2. The Bertz CT molecular complexity index is 509. The van der Waals surface area contributed by atoms with Crippen LogP contribution in [-0.4, -0.2) is 13.7 Å². The van der Waals surface area contributed by atoms with E-state index in [1.165, 1.54) is 14.9 Å². The summed E-state index contributed by atoms with van der Waals surface area (Å²) in [5.41, 5.74) is 1.26. The number of hydrogen-bond donors (Lipinski definition) is 1. The van der Waals surface area contributed by atoms with Crippen molar-refractivity contribution in [2.24, 2.45) is 0 Å². The molecule has 2 rings (SSSR count). The molecule has 1 unspecified atom stereocenters. The summed E-state index contributed by atoms with van der Waals surface area (Å²) in [4.78, 5) is 1.32. The van der Waals surface area contributed by atoms with E-state index in [1.54, 1.807) is 18.4 Å². The molecule has 0 aliphatic heterocycles. The van der Waals surface area contributed by atoms with Gasteiger partial charge in [0.05, 0.1) is 13.2 Å². The highest BCUT2D eigenvalue weighted by Gasteiger charge is 2.17. The number of methoxy groups -OCH3 is 1. The minimum absolute atomic E-state index is 0.236. The summed E-state index contributed by atoms with van der Waals surface area (Å²) >= 11 is 5.40. The third kappa shape index (κ3) is 3.59. The molecule has 0 aliphatic rings. The van der Waals surface area contributed by atoms with Gasteiger partial charge in [0.2, 0.25) is 0 Å². The van der Waals surface area contributed by atoms with Gasteiger partial charge in [-0.05, 0) is 58.0 Å².